The quantitative estimate of drug-likeness (QED) is 0.316. The number of aliphatic hydroxyl groups excluding tert-OH is 1. The highest BCUT2D eigenvalue weighted by molar-refractivity contribution is 6.46. The molecule has 1 aliphatic rings. The van der Waals surface area contributed by atoms with Crippen molar-refractivity contribution >= 4 is 17.4 Å². The van der Waals surface area contributed by atoms with Crippen molar-refractivity contribution in [2.45, 2.75) is 39.7 Å². The number of likely N-dealkylation sites (tertiary alicyclic amines) is 1. The van der Waals surface area contributed by atoms with Gasteiger partial charge in [0.2, 0.25) is 0 Å². The maximum atomic E-state index is 13.1. The van der Waals surface area contributed by atoms with Gasteiger partial charge in [-0.15, -0.1) is 0 Å². The topological polar surface area (TPSA) is 83.0 Å². The molecule has 1 aromatic heterocycles. The third-order valence-corrected chi connectivity index (χ3v) is 5.91. The summed E-state index contributed by atoms with van der Waals surface area (Å²) >= 11 is 0. The molecule has 1 fully saturated rings. The minimum Gasteiger partial charge on any atom is -0.507 e. The third kappa shape index (κ3) is 5.60. The summed E-state index contributed by atoms with van der Waals surface area (Å²) in [5.41, 5.74) is 1.29. The van der Waals surface area contributed by atoms with Crippen molar-refractivity contribution in [3.05, 3.63) is 65.5 Å². The van der Waals surface area contributed by atoms with Gasteiger partial charge < -0.3 is 19.6 Å². The van der Waals surface area contributed by atoms with E-state index in [0.717, 1.165) is 38.0 Å². The Morgan fingerprint density at radius 1 is 1.12 bits per heavy atom. The van der Waals surface area contributed by atoms with Crippen molar-refractivity contribution in [2.24, 2.45) is 0 Å². The van der Waals surface area contributed by atoms with Crippen molar-refractivity contribution < 1.29 is 19.4 Å². The van der Waals surface area contributed by atoms with Gasteiger partial charge in [0.15, 0.2) is 0 Å². The molecule has 0 aliphatic carbocycles. The number of aliphatic hydroxyl groups is 1. The van der Waals surface area contributed by atoms with E-state index in [-0.39, 0.29) is 11.3 Å². The summed E-state index contributed by atoms with van der Waals surface area (Å²) in [5, 5.41) is 11.1. The van der Waals surface area contributed by atoms with Crippen molar-refractivity contribution in [1.29, 1.82) is 0 Å². The molecule has 0 spiro atoms. The average molecular weight is 452 g/mol. The minimum atomic E-state index is -0.681. The lowest BCUT2D eigenvalue weighted by atomic mass is 9.95. The molecule has 1 N–H and O–H groups in total. The number of Topliss-reactive ketones (excluding diaryl/α,β-unsaturated/α-hetero) is 1. The summed E-state index contributed by atoms with van der Waals surface area (Å²) < 4.78 is 5.78. The molecule has 1 unspecified atom stereocenters. The van der Waals surface area contributed by atoms with E-state index < -0.39 is 17.7 Å². The second-order valence-corrected chi connectivity index (χ2v) is 8.03. The van der Waals surface area contributed by atoms with Crippen LogP contribution in [0.4, 0.5) is 0 Å². The Hall–Kier alpha value is -3.19. The van der Waals surface area contributed by atoms with E-state index in [1.54, 1.807) is 29.4 Å². The van der Waals surface area contributed by atoms with Crippen molar-refractivity contribution in [2.75, 3.05) is 32.8 Å². The molecular weight excluding hydrogens is 418 g/mol. The number of ether oxygens (including phenoxy) is 1. The zero-order valence-corrected chi connectivity index (χ0v) is 19.7. The molecule has 2 aromatic rings. The van der Waals surface area contributed by atoms with Crippen molar-refractivity contribution in [1.82, 2.24) is 14.8 Å². The number of benzene rings is 1. The van der Waals surface area contributed by atoms with E-state index in [0.29, 0.717) is 24.5 Å². The summed E-state index contributed by atoms with van der Waals surface area (Å²) in [6.45, 7) is 9.91. The predicted octanol–water partition coefficient (Wildman–Crippen LogP) is 4.02. The Balaban J connectivity index is 2.01. The average Bonchev–Trinajstić information content (AvgIpc) is 3.10. The first-order valence-electron chi connectivity index (χ1n) is 11.7. The summed E-state index contributed by atoms with van der Waals surface area (Å²) in [5.74, 6) is -0.772. The van der Waals surface area contributed by atoms with Crippen LogP contribution in [0, 0.1) is 0 Å². The fourth-order valence-electron chi connectivity index (χ4n) is 4.12. The van der Waals surface area contributed by atoms with Crippen LogP contribution in [0.3, 0.4) is 0 Å². The molecule has 1 aromatic carbocycles. The molecule has 1 saturated heterocycles. The predicted molar refractivity (Wildman–Crippen MR) is 128 cm³/mol. The van der Waals surface area contributed by atoms with Crippen LogP contribution >= 0.6 is 0 Å². The summed E-state index contributed by atoms with van der Waals surface area (Å²) in [7, 11) is 0. The lowest BCUT2D eigenvalue weighted by Crippen LogP contribution is -2.33. The zero-order chi connectivity index (χ0) is 23.8. The highest BCUT2D eigenvalue weighted by Gasteiger charge is 2.45. The van der Waals surface area contributed by atoms with Gasteiger partial charge in [-0.05, 0) is 62.3 Å². The third-order valence-electron chi connectivity index (χ3n) is 5.91. The highest BCUT2D eigenvalue weighted by atomic mass is 16.5. The summed E-state index contributed by atoms with van der Waals surface area (Å²) in [6, 6.07) is 10.00. The first-order chi connectivity index (χ1) is 16.0. The lowest BCUT2D eigenvalue weighted by Gasteiger charge is -2.27. The minimum absolute atomic E-state index is 0.0988. The van der Waals surface area contributed by atoms with Gasteiger partial charge in [0.05, 0.1) is 18.2 Å². The Bertz CT molecular complexity index is 986. The summed E-state index contributed by atoms with van der Waals surface area (Å²) in [6.07, 6.45) is 4.69. The van der Waals surface area contributed by atoms with Gasteiger partial charge in [-0.3, -0.25) is 14.6 Å². The van der Waals surface area contributed by atoms with E-state index in [2.05, 4.69) is 23.7 Å². The van der Waals surface area contributed by atoms with Gasteiger partial charge in [-0.25, -0.2) is 0 Å². The van der Waals surface area contributed by atoms with Gasteiger partial charge in [0.1, 0.15) is 11.5 Å². The number of amides is 1. The monoisotopic (exact) mass is 451 g/mol. The normalized spacial score (nSPS) is 17.7. The molecule has 0 saturated carbocycles. The molecule has 0 bridgehead atoms. The largest absolute Gasteiger partial charge is 0.507 e. The van der Waals surface area contributed by atoms with Crippen molar-refractivity contribution in [3.8, 4) is 5.75 Å². The molecule has 33 heavy (non-hydrogen) atoms. The lowest BCUT2D eigenvalue weighted by molar-refractivity contribution is -0.140. The fraction of sp³-hybridized carbons (Fsp3) is 0.423. The van der Waals surface area contributed by atoms with E-state index in [4.69, 9.17) is 4.74 Å². The fourth-order valence-corrected chi connectivity index (χ4v) is 4.12. The van der Waals surface area contributed by atoms with E-state index in [9.17, 15) is 14.7 Å². The molecule has 2 heterocycles. The Kier molecular flexibility index (Phi) is 8.60. The van der Waals surface area contributed by atoms with E-state index in [1.165, 1.54) is 0 Å². The zero-order valence-electron chi connectivity index (χ0n) is 19.7. The maximum Gasteiger partial charge on any atom is 0.295 e. The Morgan fingerprint density at radius 2 is 1.85 bits per heavy atom. The van der Waals surface area contributed by atoms with Gasteiger partial charge in [0.25, 0.3) is 11.7 Å². The SMILES string of the molecule is CCCOc1cccc(C2C(=C(O)c3ccncc3)C(=O)C(=O)N2CCCN(CC)CC)c1. The van der Waals surface area contributed by atoms with Crippen LogP contribution in [0.5, 0.6) is 5.75 Å². The number of pyridine rings is 1. The molecule has 1 atom stereocenters. The smallest absolute Gasteiger partial charge is 0.295 e. The number of hydrogen-bond acceptors (Lipinski definition) is 6. The van der Waals surface area contributed by atoms with E-state index >= 15 is 0 Å². The second kappa shape index (κ2) is 11.6. The number of aromatic nitrogens is 1. The van der Waals surface area contributed by atoms with Crippen LogP contribution in [0.1, 0.15) is 50.8 Å². The summed E-state index contributed by atoms with van der Waals surface area (Å²) in [4.78, 5) is 34.0. The van der Waals surface area contributed by atoms with E-state index in [1.807, 2.05) is 31.2 Å². The first-order valence-corrected chi connectivity index (χ1v) is 11.7. The van der Waals surface area contributed by atoms with Gasteiger partial charge >= 0.3 is 0 Å². The number of hydrogen-bond donors (Lipinski definition) is 1. The second-order valence-electron chi connectivity index (χ2n) is 8.03. The number of carbonyl (C=O) groups excluding carboxylic acids is 2. The highest BCUT2D eigenvalue weighted by Crippen LogP contribution is 2.40. The molecule has 3 rings (SSSR count). The Labute approximate surface area is 195 Å². The van der Waals surface area contributed by atoms with Crippen LogP contribution in [0.2, 0.25) is 0 Å². The standard InChI is InChI=1S/C26H33N3O4/c1-4-17-33-21-10-7-9-20(18-21)23-22(24(30)19-11-13-27-14-12-19)25(31)26(32)29(23)16-8-15-28(5-2)6-3/h7,9-14,18,23,30H,4-6,8,15-17H2,1-3H3. The van der Waals surface area contributed by atoms with Crippen LogP contribution in [-0.2, 0) is 9.59 Å². The first kappa shape index (κ1) is 24.5. The molecule has 1 amide bonds. The van der Waals surface area contributed by atoms with Crippen LogP contribution in [0.25, 0.3) is 5.76 Å². The van der Waals surface area contributed by atoms with Crippen LogP contribution in [-0.4, -0.2) is 64.4 Å². The molecule has 7 nitrogen and oxygen atoms in total. The van der Waals surface area contributed by atoms with Crippen LogP contribution in [0.15, 0.2) is 54.4 Å². The number of rotatable bonds is 11. The molecule has 1 aliphatic heterocycles. The van der Waals surface area contributed by atoms with Crippen molar-refractivity contribution in [3.63, 3.8) is 0 Å². The number of nitrogens with zero attached hydrogens (tertiary/aromatic N) is 3. The molecule has 176 valence electrons. The number of carbonyl (C=O) groups is 2. The molecule has 7 heteroatoms. The van der Waals surface area contributed by atoms with Gasteiger partial charge in [0, 0.05) is 24.5 Å². The molecule has 0 radical (unpaired) electrons. The Morgan fingerprint density at radius 3 is 2.52 bits per heavy atom. The van der Waals surface area contributed by atoms with Gasteiger partial charge in [-0.1, -0.05) is 32.9 Å². The maximum absolute atomic E-state index is 13.1. The van der Waals surface area contributed by atoms with Gasteiger partial charge in [-0.2, -0.15) is 0 Å². The van der Waals surface area contributed by atoms with Crippen LogP contribution < -0.4 is 4.74 Å². The number of ketones is 1. The molecular formula is C26H33N3O4.